The molecule has 114 valence electrons. The maximum Gasteiger partial charge on any atom is 0.259 e. The Morgan fingerprint density at radius 3 is 2.82 bits per heavy atom. The van der Waals surface area contributed by atoms with Crippen LogP contribution in [0, 0.1) is 6.92 Å². The van der Waals surface area contributed by atoms with Crippen LogP contribution in [0.15, 0.2) is 41.5 Å². The molecule has 2 heterocycles. The molecule has 3 aromatic rings. The monoisotopic (exact) mass is 299 g/mol. The zero-order valence-electron chi connectivity index (χ0n) is 12.2. The Hall–Kier alpha value is -2.44. The van der Waals surface area contributed by atoms with Crippen molar-refractivity contribution in [2.45, 2.75) is 13.0 Å². The van der Waals surface area contributed by atoms with E-state index in [-0.39, 0.29) is 18.8 Å². The molecule has 2 aromatic heterocycles. The number of aliphatic hydroxyl groups is 2. The lowest BCUT2D eigenvalue weighted by Gasteiger charge is -2.16. The van der Waals surface area contributed by atoms with Crippen LogP contribution in [-0.2, 0) is 0 Å². The molecule has 0 aliphatic heterocycles. The van der Waals surface area contributed by atoms with Gasteiger partial charge in [0.1, 0.15) is 5.82 Å². The van der Waals surface area contributed by atoms with E-state index in [0.717, 1.165) is 16.5 Å². The molecule has 0 spiro atoms. The van der Waals surface area contributed by atoms with Crippen LogP contribution in [0.3, 0.4) is 0 Å². The first-order chi connectivity index (χ1) is 10.7. The normalized spacial score (nSPS) is 11.5. The number of aromatic amines is 1. The summed E-state index contributed by atoms with van der Waals surface area (Å²) in [5.41, 5.74) is 1.96. The summed E-state index contributed by atoms with van der Waals surface area (Å²) in [6, 6.07) is 7.05. The van der Waals surface area contributed by atoms with Gasteiger partial charge in [0.05, 0.1) is 30.3 Å². The Balaban J connectivity index is 2.22. The number of H-pyrrole nitrogens is 1. The van der Waals surface area contributed by atoms with Crippen LogP contribution in [-0.4, -0.2) is 38.0 Å². The minimum atomic E-state index is -0.523. The highest BCUT2D eigenvalue weighted by atomic mass is 16.3. The molecule has 0 radical (unpaired) electrons. The van der Waals surface area contributed by atoms with E-state index in [0.29, 0.717) is 11.4 Å². The highest BCUT2D eigenvalue weighted by Gasteiger charge is 2.17. The molecule has 6 nitrogen and oxygen atoms in total. The number of aliphatic hydroxyl groups excluding tert-OH is 2. The van der Waals surface area contributed by atoms with Gasteiger partial charge in [0.15, 0.2) is 0 Å². The topological polar surface area (TPSA) is 91.1 Å². The summed E-state index contributed by atoms with van der Waals surface area (Å²) in [6.45, 7) is 1.47. The Labute approximate surface area is 126 Å². The zero-order valence-corrected chi connectivity index (χ0v) is 12.2. The molecule has 6 heteroatoms. The van der Waals surface area contributed by atoms with Gasteiger partial charge in [0, 0.05) is 12.4 Å². The summed E-state index contributed by atoms with van der Waals surface area (Å²) >= 11 is 0. The van der Waals surface area contributed by atoms with Crippen LogP contribution < -0.4 is 5.56 Å². The highest BCUT2D eigenvalue weighted by Crippen LogP contribution is 2.22. The van der Waals surface area contributed by atoms with Crippen molar-refractivity contribution in [3.05, 3.63) is 52.6 Å². The fourth-order valence-corrected chi connectivity index (χ4v) is 2.60. The molecule has 0 bridgehead atoms. The van der Waals surface area contributed by atoms with E-state index < -0.39 is 6.04 Å². The van der Waals surface area contributed by atoms with E-state index >= 15 is 0 Å². The van der Waals surface area contributed by atoms with E-state index in [9.17, 15) is 15.0 Å². The van der Waals surface area contributed by atoms with Crippen LogP contribution in [0.4, 0.5) is 0 Å². The number of hydrogen-bond donors (Lipinski definition) is 3. The van der Waals surface area contributed by atoms with Gasteiger partial charge < -0.3 is 19.8 Å². The Morgan fingerprint density at radius 2 is 2.09 bits per heavy atom. The van der Waals surface area contributed by atoms with Crippen molar-refractivity contribution in [3.8, 4) is 11.4 Å². The molecule has 0 saturated carbocycles. The maximum absolute atomic E-state index is 12.4. The third kappa shape index (κ3) is 2.32. The molecule has 0 atom stereocenters. The Bertz CT molecular complexity index is 862. The van der Waals surface area contributed by atoms with Crippen molar-refractivity contribution >= 4 is 10.9 Å². The SMILES string of the molecule is Cc1cccc2cc(-c3nccn3C(CO)CO)c(=O)[nH]c12. The van der Waals surface area contributed by atoms with Gasteiger partial charge in [0.2, 0.25) is 0 Å². The second-order valence-electron chi connectivity index (χ2n) is 5.23. The average Bonchev–Trinajstić information content (AvgIpc) is 2.98. The second kappa shape index (κ2) is 5.75. The number of imidazole rings is 1. The molecule has 0 fully saturated rings. The maximum atomic E-state index is 12.4. The van der Waals surface area contributed by atoms with Gasteiger partial charge in [-0.15, -0.1) is 0 Å². The minimum Gasteiger partial charge on any atom is -0.394 e. The van der Waals surface area contributed by atoms with Crippen LogP contribution in [0.1, 0.15) is 11.6 Å². The number of nitrogens with zero attached hydrogens (tertiary/aromatic N) is 2. The number of fused-ring (bicyclic) bond motifs is 1. The summed E-state index contributed by atoms with van der Waals surface area (Å²) in [7, 11) is 0. The van der Waals surface area contributed by atoms with Gasteiger partial charge in [-0.1, -0.05) is 18.2 Å². The van der Waals surface area contributed by atoms with Gasteiger partial charge >= 0.3 is 0 Å². The number of pyridine rings is 1. The fourth-order valence-electron chi connectivity index (χ4n) is 2.60. The number of aryl methyl sites for hydroxylation is 1. The van der Waals surface area contributed by atoms with Crippen LogP contribution in [0.2, 0.25) is 0 Å². The highest BCUT2D eigenvalue weighted by molar-refractivity contribution is 5.84. The molecule has 0 aliphatic carbocycles. The van der Waals surface area contributed by atoms with Crippen molar-refractivity contribution in [1.82, 2.24) is 14.5 Å². The molecule has 3 N–H and O–H groups in total. The zero-order chi connectivity index (χ0) is 15.7. The molecule has 0 unspecified atom stereocenters. The number of rotatable bonds is 4. The first-order valence-electron chi connectivity index (χ1n) is 7.03. The summed E-state index contributed by atoms with van der Waals surface area (Å²) in [5.74, 6) is 0.428. The first-order valence-corrected chi connectivity index (χ1v) is 7.03. The number of aromatic nitrogens is 3. The van der Waals surface area contributed by atoms with Crippen molar-refractivity contribution in [1.29, 1.82) is 0 Å². The van der Waals surface area contributed by atoms with Crippen molar-refractivity contribution in [3.63, 3.8) is 0 Å². The Morgan fingerprint density at radius 1 is 1.32 bits per heavy atom. The average molecular weight is 299 g/mol. The summed E-state index contributed by atoms with van der Waals surface area (Å²) < 4.78 is 1.62. The largest absolute Gasteiger partial charge is 0.394 e. The quantitative estimate of drug-likeness (QED) is 0.675. The summed E-state index contributed by atoms with van der Waals surface area (Å²) in [4.78, 5) is 19.5. The fraction of sp³-hybridized carbons (Fsp3) is 0.250. The number of nitrogens with one attached hydrogen (secondary N) is 1. The smallest absolute Gasteiger partial charge is 0.259 e. The van der Waals surface area contributed by atoms with Crippen molar-refractivity contribution < 1.29 is 10.2 Å². The van der Waals surface area contributed by atoms with Gasteiger partial charge in [-0.05, 0) is 23.9 Å². The van der Waals surface area contributed by atoms with Gasteiger partial charge in [-0.3, -0.25) is 4.79 Å². The summed E-state index contributed by atoms with van der Waals surface area (Å²) in [5, 5.41) is 19.6. The van der Waals surface area contributed by atoms with Crippen molar-refractivity contribution in [2.75, 3.05) is 13.2 Å². The predicted octanol–water partition coefficient (Wildman–Crippen LogP) is 1.23. The van der Waals surface area contributed by atoms with E-state index in [1.807, 2.05) is 25.1 Å². The molecule has 0 amide bonds. The van der Waals surface area contributed by atoms with E-state index in [4.69, 9.17) is 0 Å². The van der Waals surface area contributed by atoms with E-state index in [1.165, 1.54) is 0 Å². The molecular weight excluding hydrogens is 282 g/mol. The molecule has 0 saturated heterocycles. The minimum absolute atomic E-state index is 0.232. The Kier molecular flexibility index (Phi) is 3.79. The van der Waals surface area contributed by atoms with Crippen LogP contribution >= 0.6 is 0 Å². The van der Waals surface area contributed by atoms with E-state index in [2.05, 4.69) is 9.97 Å². The van der Waals surface area contributed by atoms with Gasteiger partial charge in [-0.25, -0.2) is 4.98 Å². The molecular formula is C16H17N3O3. The predicted molar refractivity (Wildman–Crippen MR) is 83.7 cm³/mol. The van der Waals surface area contributed by atoms with Gasteiger partial charge in [-0.2, -0.15) is 0 Å². The number of benzene rings is 1. The first kappa shape index (κ1) is 14.5. The molecule has 3 rings (SSSR count). The lowest BCUT2D eigenvalue weighted by Crippen LogP contribution is -2.20. The second-order valence-corrected chi connectivity index (χ2v) is 5.23. The third-order valence-corrected chi connectivity index (χ3v) is 3.81. The lowest BCUT2D eigenvalue weighted by atomic mass is 10.1. The number of hydrogen-bond acceptors (Lipinski definition) is 4. The summed E-state index contributed by atoms with van der Waals surface area (Å²) in [6.07, 6.45) is 3.19. The lowest BCUT2D eigenvalue weighted by molar-refractivity contribution is 0.155. The standard InChI is InChI=1S/C16H17N3O3/c1-10-3-2-4-11-7-13(16(22)18-14(10)11)15-17-5-6-19(15)12(8-20)9-21/h2-7,12,20-21H,8-9H2,1H3,(H,18,22). The van der Waals surface area contributed by atoms with Gasteiger partial charge in [0.25, 0.3) is 5.56 Å². The molecule has 1 aromatic carbocycles. The third-order valence-electron chi connectivity index (χ3n) is 3.81. The van der Waals surface area contributed by atoms with Crippen molar-refractivity contribution in [2.24, 2.45) is 0 Å². The van der Waals surface area contributed by atoms with E-state index in [1.54, 1.807) is 23.0 Å². The number of para-hydroxylation sites is 1. The molecule has 22 heavy (non-hydrogen) atoms. The van der Waals surface area contributed by atoms with Crippen LogP contribution in [0.5, 0.6) is 0 Å². The van der Waals surface area contributed by atoms with Crippen LogP contribution in [0.25, 0.3) is 22.3 Å². The molecule has 0 aliphatic rings.